The summed E-state index contributed by atoms with van der Waals surface area (Å²) in [4.78, 5) is 0. The van der Waals surface area contributed by atoms with Crippen LogP contribution in [0.4, 0.5) is 5.69 Å². The topological polar surface area (TPSA) is 82.0 Å². The summed E-state index contributed by atoms with van der Waals surface area (Å²) in [6.45, 7) is 0. The van der Waals surface area contributed by atoms with E-state index in [1.165, 1.54) is 10.00 Å². The molecule has 6 nitrogen and oxygen atoms in total. The molecule has 0 radical (unpaired) electrons. The third-order valence-corrected chi connectivity index (χ3v) is 1.59. The second kappa shape index (κ2) is 2.45. The molecule has 0 bridgehead atoms. The lowest BCUT2D eigenvalue weighted by molar-refractivity contribution is 0.732. The number of fused-ring (bicyclic) bond motifs is 1. The van der Waals surface area contributed by atoms with Crippen LogP contribution in [0.3, 0.4) is 0 Å². The summed E-state index contributed by atoms with van der Waals surface area (Å²) >= 11 is 4.69. The van der Waals surface area contributed by atoms with Crippen molar-refractivity contribution in [3.8, 4) is 0 Å². The number of nitrogens with two attached hydrogens (primary N) is 1. The van der Waals surface area contributed by atoms with Gasteiger partial charge < -0.3 is 5.73 Å². The molecule has 0 fully saturated rings. The molecular formula is C5H4N6S. The number of nitrogens with zero attached hydrogens (tertiary/aromatic N) is 5. The van der Waals surface area contributed by atoms with Crippen LogP contribution >= 0.6 is 12.2 Å². The smallest absolute Gasteiger partial charge is 0.222 e. The predicted molar refractivity (Wildman–Crippen MR) is 45.7 cm³/mol. The highest BCUT2D eigenvalue weighted by atomic mass is 32.1. The Hall–Kier alpha value is -1.63. The molecule has 0 aromatic carbocycles. The van der Waals surface area contributed by atoms with Crippen LogP contribution in [0, 0.1) is 0 Å². The van der Waals surface area contributed by atoms with E-state index in [1.54, 1.807) is 6.07 Å². The van der Waals surface area contributed by atoms with Crippen molar-refractivity contribution < 1.29 is 0 Å². The summed E-state index contributed by atoms with van der Waals surface area (Å²) in [5, 5.41) is 16.0. The first kappa shape index (κ1) is 7.04. The molecule has 2 heterocycles. The van der Waals surface area contributed by atoms with E-state index in [9.17, 15) is 0 Å². The molecule has 2 rings (SSSR count). The van der Waals surface area contributed by atoms with Gasteiger partial charge in [0, 0.05) is 5.37 Å². The first-order chi connectivity index (χ1) is 5.81. The normalized spacial score (nSPS) is 10.3. The van der Waals surface area contributed by atoms with Gasteiger partial charge in [-0.1, -0.05) is 12.2 Å². The number of thiocarbonyl (C=S) groups is 1. The summed E-state index contributed by atoms with van der Waals surface area (Å²) in [6, 6.07) is 1.62. The highest BCUT2D eigenvalue weighted by Crippen LogP contribution is 2.07. The van der Waals surface area contributed by atoms with Crippen molar-refractivity contribution in [2.24, 2.45) is 0 Å². The lowest BCUT2D eigenvalue weighted by Crippen LogP contribution is -2.02. The lowest BCUT2D eigenvalue weighted by Gasteiger charge is -1.94. The van der Waals surface area contributed by atoms with Crippen LogP contribution in [-0.4, -0.2) is 30.6 Å². The van der Waals surface area contributed by atoms with Gasteiger partial charge in [-0.15, -0.1) is 14.8 Å². The fourth-order valence-electron chi connectivity index (χ4n) is 0.843. The van der Waals surface area contributed by atoms with Crippen molar-refractivity contribution in [2.45, 2.75) is 0 Å². The van der Waals surface area contributed by atoms with Crippen molar-refractivity contribution in [3.05, 3.63) is 11.8 Å². The Balaban J connectivity index is 2.83. The first-order valence-corrected chi connectivity index (χ1v) is 3.58. The van der Waals surface area contributed by atoms with E-state index in [0.717, 1.165) is 0 Å². The van der Waals surface area contributed by atoms with E-state index in [1.807, 2.05) is 0 Å². The highest BCUT2D eigenvalue weighted by molar-refractivity contribution is 7.79. The maximum absolute atomic E-state index is 5.61. The molecule has 0 aliphatic rings. The van der Waals surface area contributed by atoms with Gasteiger partial charge in [0.2, 0.25) is 5.65 Å². The van der Waals surface area contributed by atoms with Crippen molar-refractivity contribution in [1.29, 1.82) is 0 Å². The third-order valence-electron chi connectivity index (χ3n) is 1.35. The molecule has 2 aromatic heterocycles. The van der Waals surface area contributed by atoms with Crippen molar-refractivity contribution in [3.63, 3.8) is 0 Å². The molecule has 0 aliphatic heterocycles. The number of anilines is 1. The Bertz CT molecular complexity index is 434. The van der Waals surface area contributed by atoms with Crippen molar-refractivity contribution in [1.82, 2.24) is 25.3 Å². The summed E-state index contributed by atoms with van der Waals surface area (Å²) in [5.41, 5.74) is 7.08. The Labute approximate surface area is 72.4 Å². The first-order valence-electron chi connectivity index (χ1n) is 3.11. The van der Waals surface area contributed by atoms with E-state index in [2.05, 4.69) is 20.6 Å². The van der Waals surface area contributed by atoms with Gasteiger partial charge in [0.15, 0.2) is 0 Å². The van der Waals surface area contributed by atoms with E-state index >= 15 is 0 Å². The van der Waals surface area contributed by atoms with E-state index in [4.69, 9.17) is 18.0 Å². The van der Waals surface area contributed by atoms with Crippen LogP contribution < -0.4 is 5.73 Å². The lowest BCUT2D eigenvalue weighted by atomic mass is 10.4. The van der Waals surface area contributed by atoms with Crippen molar-refractivity contribution >= 4 is 28.9 Å². The maximum atomic E-state index is 5.61. The fraction of sp³-hybridized carbons (Fsp3) is 0. The van der Waals surface area contributed by atoms with Gasteiger partial charge in [0.05, 0.1) is 11.4 Å². The van der Waals surface area contributed by atoms with Crippen LogP contribution in [0.1, 0.15) is 5.69 Å². The molecule has 0 saturated carbocycles. The van der Waals surface area contributed by atoms with Crippen LogP contribution in [0.15, 0.2) is 6.07 Å². The quantitative estimate of drug-likeness (QED) is 0.593. The molecule has 60 valence electrons. The number of aromatic nitrogens is 5. The standard InChI is InChI=1S/C5H4N6S/c6-4-1-3(2-12)8-11-5(4)7-9-10-11/h1-2H,6H2. The number of hydrogen-bond donors (Lipinski definition) is 1. The number of nitrogen functional groups attached to an aromatic ring is 1. The molecule has 0 unspecified atom stereocenters. The van der Waals surface area contributed by atoms with Gasteiger partial charge in [0.1, 0.15) is 0 Å². The number of tetrazole rings is 1. The van der Waals surface area contributed by atoms with E-state index < -0.39 is 0 Å². The number of rotatable bonds is 1. The molecule has 0 spiro atoms. The third kappa shape index (κ3) is 0.909. The minimum atomic E-state index is 0.440. The van der Waals surface area contributed by atoms with E-state index in [0.29, 0.717) is 17.0 Å². The van der Waals surface area contributed by atoms with Gasteiger partial charge in [0.25, 0.3) is 0 Å². The Morgan fingerprint density at radius 1 is 1.58 bits per heavy atom. The van der Waals surface area contributed by atoms with Gasteiger partial charge in [-0.05, 0) is 16.5 Å². The molecule has 12 heavy (non-hydrogen) atoms. The zero-order valence-corrected chi connectivity index (χ0v) is 6.69. The Morgan fingerprint density at radius 2 is 2.42 bits per heavy atom. The molecule has 0 amide bonds. The monoisotopic (exact) mass is 180 g/mol. The van der Waals surface area contributed by atoms with Gasteiger partial charge in [-0.2, -0.15) is 0 Å². The van der Waals surface area contributed by atoms with Crippen molar-refractivity contribution in [2.75, 3.05) is 5.73 Å². The zero-order valence-electron chi connectivity index (χ0n) is 5.88. The van der Waals surface area contributed by atoms with Crippen LogP contribution in [-0.2, 0) is 0 Å². The molecule has 0 aliphatic carbocycles. The van der Waals surface area contributed by atoms with Crippen LogP contribution in [0.25, 0.3) is 5.65 Å². The Kier molecular flexibility index (Phi) is 1.44. The van der Waals surface area contributed by atoms with Gasteiger partial charge in [-0.25, -0.2) is 0 Å². The van der Waals surface area contributed by atoms with Gasteiger partial charge in [-0.3, -0.25) is 0 Å². The number of hydrogen-bond acceptors (Lipinski definition) is 6. The average molecular weight is 180 g/mol. The van der Waals surface area contributed by atoms with Crippen LogP contribution in [0.5, 0.6) is 0 Å². The second-order valence-corrected chi connectivity index (χ2v) is 2.37. The molecule has 2 N–H and O–H groups in total. The Morgan fingerprint density at radius 3 is 3.17 bits per heavy atom. The maximum Gasteiger partial charge on any atom is 0.222 e. The summed E-state index contributed by atoms with van der Waals surface area (Å²) < 4.78 is 1.24. The highest BCUT2D eigenvalue weighted by Gasteiger charge is 2.03. The molecule has 2 aromatic rings. The molecule has 7 heteroatoms. The SMILES string of the molecule is Nc1cc(C=S)nn2nnnc12. The second-order valence-electron chi connectivity index (χ2n) is 2.13. The summed E-state index contributed by atoms with van der Waals surface area (Å²) in [7, 11) is 0. The minimum absolute atomic E-state index is 0.440. The zero-order chi connectivity index (χ0) is 8.55. The average Bonchev–Trinajstić information content (AvgIpc) is 2.52. The largest absolute Gasteiger partial charge is 0.395 e. The molecular weight excluding hydrogens is 176 g/mol. The fourth-order valence-corrected chi connectivity index (χ4v) is 0.958. The summed E-state index contributed by atoms with van der Waals surface area (Å²) in [5.74, 6) is 0. The molecule has 0 atom stereocenters. The molecule has 0 saturated heterocycles. The predicted octanol–water partition coefficient (Wildman–Crippen LogP) is -0.551. The van der Waals surface area contributed by atoms with Gasteiger partial charge >= 0.3 is 0 Å². The van der Waals surface area contributed by atoms with E-state index in [-0.39, 0.29) is 0 Å². The minimum Gasteiger partial charge on any atom is -0.395 e. The summed E-state index contributed by atoms with van der Waals surface area (Å²) in [6.07, 6.45) is 0. The van der Waals surface area contributed by atoms with Crippen LogP contribution in [0.2, 0.25) is 0 Å².